The first-order valence-corrected chi connectivity index (χ1v) is 5.83. The molecule has 0 amide bonds. The fourth-order valence-electron chi connectivity index (χ4n) is 1.63. The van der Waals surface area contributed by atoms with Gasteiger partial charge >= 0.3 is 12.1 Å². The summed E-state index contributed by atoms with van der Waals surface area (Å²) >= 11 is 0. The van der Waals surface area contributed by atoms with Gasteiger partial charge in [-0.15, -0.1) is 0 Å². The summed E-state index contributed by atoms with van der Waals surface area (Å²) in [7, 11) is 0. The Labute approximate surface area is 117 Å². The number of carbonyl (C=O) groups is 1. The zero-order valence-electron chi connectivity index (χ0n) is 10.8. The maximum atomic E-state index is 12.6. The minimum Gasteiger partial charge on any atom is -0.477 e. The molecule has 0 bridgehead atoms. The zero-order valence-corrected chi connectivity index (χ0v) is 10.8. The number of aromatic carboxylic acids is 1. The number of ether oxygens (including phenoxy) is 1. The van der Waals surface area contributed by atoms with Crippen molar-refractivity contribution in [2.24, 2.45) is 0 Å². The van der Waals surface area contributed by atoms with E-state index in [0.29, 0.717) is 6.07 Å². The fraction of sp³-hybridized carbons (Fsp3) is 0.143. The lowest BCUT2D eigenvalue weighted by atomic mass is 10.2. The summed E-state index contributed by atoms with van der Waals surface area (Å²) in [6.07, 6.45) is -4.68. The smallest absolute Gasteiger partial charge is 0.433 e. The molecule has 0 radical (unpaired) electrons. The van der Waals surface area contributed by atoms with Crippen LogP contribution in [0.5, 0.6) is 11.6 Å². The second-order valence-electron chi connectivity index (χ2n) is 4.27. The summed E-state index contributed by atoms with van der Waals surface area (Å²) in [5.74, 6) is -1.80. The molecular formula is C14H10F3NO3. The van der Waals surface area contributed by atoms with Crippen molar-refractivity contribution in [1.29, 1.82) is 0 Å². The lowest BCUT2D eigenvalue weighted by Gasteiger charge is -2.11. The van der Waals surface area contributed by atoms with Crippen LogP contribution in [0, 0.1) is 6.92 Å². The van der Waals surface area contributed by atoms with Crippen molar-refractivity contribution in [3.05, 3.63) is 53.2 Å². The highest BCUT2D eigenvalue weighted by Crippen LogP contribution is 2.32. The molecule has 0 atom stereocenters. The first kappa shape index (κ1) is 14.8. The molecule has 2 rings (SSSR count). The Kier molecular flexibility index (Phi) is 3.84. The van der Waals surface area contributed by atoms with Gasteiger partial charge in [0.1, 0.15) is 17.0 Å². The van der Waals surface area contributed by atoms with E-state index >= 15 is 0 Å². The van der Waals surface area contributed by atoms with E-state index in [4.69, 9.17) is 9.84 Å². The number of halogens is 3. The Bertz CT molecular complexity index is 683. The van der Waals surface area contributed by atoms with Gasteiger partial charge in [-0.1, -0.05) is 12.1 Å². The number of rotatable bonds is 3. The topological polar surface area (TPSA) is 59.4 Å². The predicted octanol–water partition coefficient (Wildman–Crippen LogP) is 3.90. The number of carboxylic acid groups (broad SMARTS) is 1. The van der Waals surface area contributed by atoms with Crippen LogP contribution >= 0.6 is 0 Å². The van der Waals surface area contributed by atoms with E-state index in [9.17, 15) is 18.0 Å². The van der Waals surface area contributed by atoms with Crippen LogP contribution in [-0.2, 0) is 6.18 Å². The minimum absolute atomic E-state index is 0.212. The van der Waals surface area contributed by atoms with Crippen LogP contribution in [0.2, 0.25) is 0 Å². The number of aromatic nitrogens is 1. The molecule has 0 unspecified atom stereocenters. The van der Waals surface area contributed by atoms with Crippen LogP contribution in [-0.4, -0.2) is 16.1 Å². The van der Waals surface area contributed by atoms with Crippen LogP contribution in [0.15, 0.2) is 36.4 Å². The molecule has 0 fully saturated rings. The highest BCUT2D eigenvalue weighted by molar-refractivity contribution is 5.90. The van der Waals surface area contributed by atoms with Crippen LogP contribution in [0.25, 0.3) is 0 Å². The fourth-order valence-corrected chi connectivity index (χ4v) is 1.63. The average molecular weight is 297 g/mol. The van der Waals surface area contributed by atoms with Gasteiger partial charge in [-0.2, -0.15) is 13.2 Å². The van der Waals surface area contributed by atoms with Gasteiger partial charge in [-0.05, 0) is 36.8 Å². The summed E-state index contributed by atoms with van der Waals surface area (Å²) < 4.78 is 43.1. The maximum Gasteiger partial charge on any atom is 0.433 e. The molecule has 2 aromatic rings. The van der Waals surface area contributed by atoms with Crippen molar-refractivity contribution in [2.75, 3.05) is 0 Å². The number of benzene rings is 1. The van der Waals surface area contributed by atoms with Gasteiger partial charge in [0, 0.05) is 0 Å². The third-order valence-electron chi connectivity index (χ3n) is 2.59. The summed E-state index contributed by atoms with van der Waals surface area (Å²) in [6, 6.07) is 7.90. The number of hydrogen-bond acceptors (Lipinski definition) is 3. The SMILES string of the molecule is Cc1cccc(Oc2nc(C(F)(F)F)ccc2C(=O)O)c1. The van der Waals surface area contributed by atoms with Crippen molar-refractivity contribution in [3.8, 4) is 11.6 Å². The van der Waals surface area contributed by atoms with E-state index in [1.807, 2.05) is 0 Å². The Balaban J connectivity index is 2.46. The lowest BCUT2D eigenvalue weighted by molar-refractivity contribution is -0.141. The lowest BCUT2D eigenvalue weighted by Crippen LogP contribution is -2.11. The molecule has 1 N–H and O–H groups in total. The van der Waals surface area contributed by atoms with Crippen molar-refractivity contribution in [3.63, 3.8) is 0 Å². The molecule has 0 saturated heterocycles. The third kappa shape index (κ3) is 3.50. The Hall–Kier alpha value is -2.57. The summed E-state index contributed by atoms with van der Waals surface area (Å²) in [5, 5.41) is 8.99. The highest BCUT2D eigenvalue weighted by Gasteiger charge is 2.34. The van der Waals surface area contributed by atoms with E-state index < -0.39 is 29.3 Å². The normalized spacial score (nSPS) is 11.2. The molecule has 1 aromatic carbocycles. The van der Waals surface area contributed by atoms with Crippen LogP contribution in [0.1, 0.15) is 21.6 Å². The van der Waals surface area contributed by atoms with Gasteiger partial charge in [0.2, 0.25) is 5.88 Å². The largest absolute Gasteiger partial charge is 0.477 e. The van der Waals surface area contributed by atoms with Gasteiger partial charge < -0.3 is 9.84 Å². The van der Waals surface area contributed by atoms with Gasteiger partial charge in [0.05, 0.1) is 0 Å². The number of carboxylic acids is 1. The predicted molar refractivity (Wildman–Crippen MR) is 67.5 cm³/mol. The molecule has 1 heterocycles. The number of nitrogens with zero attached hydrogens (tertiary/aromatic N) is 1. The molecule has 0 spiro atoms. The maximum absolute atomic E-state index is 12.6. The van der Waals surface area contributed by atoms with E-state index in [1.54, 1.807) is 25.1 Å². The van der Waals surface area contributed by atoms with E-state index in [1.165, 1.54) is 6.07 Å². The molecule has 0 saturated carbocycles. The highest BCUT2D eigenvalue weighted by atomic mass is 19.4. The number of aryl methyl sites for hydroxylation is 1. The molecule has 0 aliphatic carbocycles. The molecule has 0 aliphatic heterocycles. The van der Waals surface area contributed by atoms with Crippen molar-refractivity contribution in [1.82, 2.24) is 4.98 Å². The second kappa shape index (κ2) is 5.43. The molecule has 7 heteroatoms. The van der Waals surface area contributed by atoms with Crippen LogP contribution in [0.3, 0.4) is 0 Å². The third-order valence-corrected chi connectivity index (χ3v) is 2.59. The summed E-state index contributed by atoms with van der Waals surface area (Å²) in [5.41, 5.74) is -0.837. The van der Waals surface area contributed by atoms with E-state index in [-0.39, 0.29) is 5.75 Å². The first-order valence-electron chi connectivity index (χ1n) is 5.83. The average Bonchev–Trinajstić information content (AvgIpc) is 2.37. The molecule has 1 aromatic heterocycles. The van der Waals surface area contributed by atoms with Crippen LogP contribution < -0.4 is 4.74 Å². The van der Waals surface area contributed by atoms with Crippen molar-refractivity contribution in [2.45, 2.75) is 13.1 Å². The molecule has 4 nitrogen and oxygen atoms in total. The summed E-state index contributed by atoms with van der Waals surface area (Å²) in [4.78, 5) is 14.3. The Morgan fingerprint density at radius 2 is 1.95 bits per heavy atom. The van der Waals surface area contributed by atoms with Crippen LogP contribution in [0.4, 0.5) is 13.2 Å². The molecular weight excluding hydrogens is 287 g/mol. The zero-order chi connectivity index (χ0) is 15.6. The van der Waals surface area contributed by atoms with Gasteiger partial charge in [0.15, 0.2) is 0 Å². The minimum atomic E-state index is -4.68. The second-order valence-corrected chi connectivity index (χ2v) is 4.27. The van der Waals surface area contributed by atoms with Gasteiger partial charge in [-0.3, -0.25) is 0 Å². The standard InChI is InChI=1S/C14H10F3NO3/c1-8-3-2-4-9(7-8)21-12-10(13(19)20)5-6-11(18-12)14(15,16)17/h2-7H,1H3,(H,19,20). The number of pyridine rings is 1. The molecule has 110 valence electrons. The van der Waals surface area contributed by atoms with Crippen molar-refractivity contribution < 1.29 is 27.8 Å². The van der Waals surface area contributed by atoms with E-state index in [2.05, 4.69) is 4.98 Å². The number of hydrogen-bond donors (Lipinski definition) is 1. The molecule has 21 heavy (non-hydrogen) atoms. The molecule has 0 aliphatic rings. The Morgan fingerprint density at radius 1 is 1.24 bits per heavy atom. The summed E-state index contributed by atoms with van der Waals surface area (Å²) in [6.45, 7) is 1.77. The van der Waals surface area contributed by atoms with Crippen molar-refractivity contribution >= 4 is 5.97 Å². The quantitative estimate of drug-likeness (QED) is 0.933. The van der Waals surface area contributed by atoms with Gasteiger partial charge in [0.25, 0.3) is 0 Å². The monoisotopic (exact) mass is 297 g/mol. The Morgan fingerprint density at radius 3 is 2.52 bits per heavy atom. The first-order chi connectivity index (χ1) is 9.77. The van der Waals surface area contributed by atoms with E-state index in [0.717, 1.165) is 11.6 Å². The van der Waals surface area contributed by atoms with Gasteiger partial charge in [-0.25, -0.2) is 9.78 Å². The number of alkyl halides is 3.